The van der Waals surface area contributed by atoms with Crippen LogP contribution in [0.4, 0.5) is 15.8 Å². The first-order valence-corrected chi connectivity index (χ1v) is 8.57. The van der Waals surface area contributed by atoms with Crippen LogP contribution in [0, 0.1) is 15.9 Å². The van der Waals surface area contributed by atoms with E-state index in [9.17, 15) is 19.3 Å². The molecule has 0 aromatic heterocycles. The Hall–Kier alpha value is -3.00. The highest BCUT2D eigenvalue weighted by atomic mass is 19.1. The highest BCUT2D eigenvalue weighted by molar-refractivity contribution is 5.94. The van der Waals surface area contributed by atoms with Gasteiger partial charge in [0, 0.05) is 18.7 Å². The zero-order valence-electron chi connectivity index (χ0n) is 14.9. The minimum Gasteiger partial charge on any atom is -0.494 e. The summed E-state index contributed by atoms with van der Waals surface area (Å²) in [6.07, 6.45) is 2.01. The van der Waals surface area contributed by atoms with E-state index in [1.807, 2.05) is 11.0 Å². The van der Waals surface area contributed by atoms with E-state index in [1.54, 1.807) is 6.07 Å². The molecule has 0 unspecified atom stereocenters. The van der Waals surface area contributed by atoms with Crippen molar-refractivity contribution in [2.45, 2.75) is 25.4 Å². The van der Waals surface area contributed by atoms with Gasteiger partial charge in [-0.15, -0.1) is 0 Å². The maximum atomic E-state index is 13.4. The molecule has 0 spiro atoms. The van der Waals surface area contributed by atoms with E-state index in [-0.39, 0.29) is 29.7 Å². The minimum atomic E-state index is -0.526. The lowest BCUT2D eigenvalue weighted by atomic mass is 10.2. The third kappa shape index (κ3) is 5.01. The van der Waals surface area contributed by atoms with Gasteiger partial charge < -0.3 is 10.1 Å². The summed E-state index contributed by atoms with van der Waals surface area (Å²) in [5.74, 6) is -0.338. The molecular formula is C19H20FN3O4. The molecule has 8 heteroatoms. The van der Waals surface area contributed by atoms with Crippen LogP contribution in [0.25, 0.3) is 0 Å². The van der Waals surface area contributed by atoms with Gasteiger partial charge >= 0.3 is 0 Å². The Labute approximate surface area is 155 Å². The number of carbonyl (C=O) groups is 1. The maximum Gasteiger partial charge on any atom is 0.273 e. The number of non-ortho nitro benzene ring substituents is 1. The summed E-state index contributed by atoms with van der Waals surface area (Å²) >= 11 is 0. The van der Waals surface area contributed by atoms with Crippen molar-refractivity contribution in [2.24, 2.45) is 0 Å². The van der Waals surface area contributed by atoms with Crippen LogP contribution in [0.2, 0.25) is 0 Å². The van der Waals surface area contributed by atoms with Gasteiger partial charge in [0.1, 0.15) is 11.6 Å². The molecule has 0 saturated heterocycles. The van der Waals surface area contributed by atoms with Crippen LogP contribution in [0.5, 0.6) is 5.75 Å². The molecule has 2 aromatic rings. The summed E-state index contributed by atoms with van der Waals surface area (Å²) in [7, 11) is 1.38. The predicted molar refractivity (Wildman–Crippen MR) is 98.1 cm³/mol. The van der Waals surface area contributed by atoms with Gasteiger partial charge in [0.25, 0.3) is 5.69 Å². The van der Waals surface area contributed by atoms with Crippen LogP contribution in [-0.2, 0) is 11.3 Å². The van der Waals surface area contributed by atoms with E-state index < -0.39 is 4.92 Å². The third-order valence-electron chi connectivity index (χ3n) is 4.35. The van der Waals surface area contributed by atoms with Crippen LogP contribution < -0.4 is 10.1 Å². The SMILES string of the molecule is COc1cc([N+](=O)[O-])ccc1NC(=O)CN(Cc1cccc(F)c1)C1CC1. The van der Waals surface area contributed by atoms with Crippen molar-refractivity contribution < 1.29 is 18.8 Å². The standard InChI is InChI=1S/C19H20FN3O4/c1-27-18-10-16(23(25)26)7-8-17(18)21-19(24)12-22(15-5-6-15)11-13-3-2-4-14(20)9-13/h2-4,7-10,15H,5-6,11-12H2,1H3,(H,21,24). The first kappa shape index (κ1) is 18.8. The fraction of sp³-hybridized carbons (Fsp3) is 0.316. The van der Waals surface area contributed by atoms with Crippen molar-refractivity contribution in [1.82, 2.24) is 4.90 Å². The van der Waals surface area contributed by atoms with Gasteiger partial charge in [0.05, 0.1) is 30.3 Å². The minimum absolute atomic E-state index is 0.115. The Morgan fingerprint density at radius 1 is 1.33 bits per heavy atom. The average Bonchev–Trinajstić information content (AvgIpc) is 3.46. The lowest BCUT2D eigenvalue weighted by Gasteiger charge is -2.22. The number of rotatable bonds is 8. The Bertz CT molecular complexity index is 855. The van der Waals surface area contributed by atoms with Crippen molar-refractivity contribution in [2.75, 3.05) is 19.0 Å². The van der Waals surface area contributed by atoms with Crippen LogP contribution in [0.3, 0.4) is 0 Å². The summed E-state index contributed by atoms with van der Waals surface area (Å²) in [5.41, 5.74) is 1.06. The molecule has 1 aliphatic carbocycles. The van der Waals surface area contributed by atoms with Gasteiger partial charge in [0.15, 0.2) is 0 Å². The Morgan fingerprint density at radius 2 is 2.11 bits per heavy atom. The van der Waals surface area contributed by atoms with Crippen LogP contribution >= 0.6 is 0 Å². The molecule has 0 atom stereocenters. The lowest BCUT2D eigenvalue weighted by molar-refractivity contribution is -0.384. The lowest BCUT2D eigenvalue weighted by Crippen LogP contribution is -2.34. The van der Waals surface area contributed by atoms with E-state index in [0.717, 1.165) is 18.4 Å². The molecule has 3 rings (SSSR count). The maximum absolute atomic E-state index is 13.4. The number of amides is 1. The number of ether oxygens (including phenoxy) is 1. The first-order chi connectivity index (χ1) is 13.0. The molecule has 1 saturated carbocycles. The molecule has 0 bridgehead atoms. The summed E-state index contributed by atoms with van der Waals surface area (Å²) < 4.78 is 18.5. The number of nitrogens with zero attached hydrogens (tertiary/aromatic N) is 2. The van der Waals surface area contributed by atoms with Crippen molar-refractivity contribution in [3.63, 3.8) is 0 Å². The Morgan fingerprint density at radius 3 is 2.74 bits per heavy atom. The average molecular weight is 373 g/mol. The molecule has 1 N–H and O–H groups in total. The Kier molecular flexibility index (Phi) is 5.66. The number of hydrogen-bond donors (Lipinski definition) is 1. The Balaban J connectivity index is 1.67. The number of nitro benzene ring substituents is 1. The second kappa shape index (κ2) is 8.13. The summed E-state index contributed by atoms with van der Waals surface area (Å²) in [6, 6.07) is 10.7. The number of carbonyl (C=O) groups excluding carboxylic acids is 1. The van der Waals surface area contributed by atoms with Crippen LogP contribution in [0.1, 0.15) is 18.4 Å². The molecule has 1 aliphatic rings. The van der Waals surface area contributed by atoms with Crippen molar-refractivity contribution in [1.29, 1.82) is 0 Å². The van der Waals surface area contributed by atoms with E-state index >= 15 is 0 Å². The van der Waals surface area contributed by atoms with Crippen LogP contribution in [0.15, 0.2) is 42.5 Å². The van der Waals surface area contributed by atoms with Gasteiger partial charge in [-0.2, -0.15) is 0 Å². The number of benzene rings is 2. The monoisotopic (exact) mass is 373 g/mol. The quantitative estimate of drug-likeness (QED) is 0.567. The number of methoxy groups -OCH3 is 1. The fourth-order valence-corrected chi connectivity index (χ4v) is 2.89. The molecule has 2 aromatic carbocycles. The normalized spacial score (nSPS) is 13.4. The number of nitrogens with one attached hydrogen (secondary N) is 1. The molecule has 0 aliphatic heterocycles. The second-order valence-corrected chi connectivity index (χ2v) is 6.46. The molecular weight excluding hydrogens is 353 g/mol. The van der Waals surface area contributed by atoms with Crippen LogP contribution in [-0.4, -0.2) is 35.4 Å². The van der Waals surface area contributed by atoms with Gasteiger partial charge in [-0.05, 0) is 36.6 Å². The first-order valence-electron chi connectivity index (χ1n) is 8.57. The molecule has 1 amide bonds. The summed E-state index contributed by atoms with van der Waals surface area (Å²) in [4.78, 5) is 24.8. The van der Waals surface area contributed by atoms with Gasteiger partial charge in [0.2, 0.25) is 5.91 Å². The molecule has 0 heterocycles. The molecule has 142 valence electrons. The number of nitro groups is 1. The number of hydrogen-bond acceptors (Lipinski definition) is 5. The number of halogens is 1. The topological polar surface area (TPSA) is 84.7 Å². The van der Waals surface area contributed by atoms with Crippen molar-refractivity contribution >= 4 is 17.3 Å². The van der Waals surface area contributed by atoms with E-state index in [4.69, 9.17) is 4.74 Å². The number of anilines is 1. The van der Waals surface area contributed by atoms with Crippen molar-refractivity contribution in [3.05, 3.63) is 64.0 Å². The van der Waals surface area contributed by atoms with E-state index in [0.29, 0.717) is 18.3 Å². The molecule has 1 fully saturated rings. The zero-order chi connectivity index (χ0) is 19.4. The predicted octanol–water partition coefficient (Wildman–Crippen LogP) is 3.35. The van der Waals surface area contributed by atoms with Gasteiger partial charge in [-0.3, -0.25) is 19.8 Å². The largest absolute Gasteiger partial charge is 0.494 e. The second-order valence-electron chi connectivity index (χ2n) is 6.46. The fourth-order valence-electron chi connectivity index (χ4n) is 2.89. The smallest absolute Gasteiger partial charge is 0.273 e. The van der Waals surface area contributed by atoms with Gasteiger partial charge in [-0.1, -0.05) is 12.1 Å². The van der Waals surface area contributed by atoms with Crippen molar-refractivity contribution in [3.8, 4) is 5.75 Å². The highest BCUT2D eigenvalue weighted by Crippen LogP contribution is 2.30. The third-order valence-corrected chi connectivity index (χ3v) is 4.35. The van der Waals surface area contributed by atoms with E-state index in [1.165, 1.54) is 37.4 Å². The van der Waals surface area contributed by atoms with Gasteiger partial charge in [-0.25, -0.2) is 4.39 Å². The highest BCUT2D eigenvalue weighted by Gasteiger charge is 2.30. The summed E-state index contributed by atoms with van der Waals surface area (Å²) in [6.45, 7) is 0.620. The summed E-state index contributed by atoms with van der Waals surface area (Å²) in [5, 5.41) is 13.6. The molecule has 0 radical (unpaired) electrons. The zero-order valence-corrected chi connectivity index (χ0v) is 14.9. The molecule has 7 nitrogen and oxygen atoms in total. The molecule has 27 heavy (non-hydrogen) atoms. The van der Waals surface area contributed by atoms with E-state index in [2.05, 4.69) is 5.32 Å².